The van der Waals surface area contributed by atoms with Gasteiger partial charge >= 0.3 is 5.97 Å². The summed E-state index contributed by atoms with van der Waals surface area (Å²) in [5, 5.41) is 16.6. The number of rotatable bonds is 6. The Morgan fingerprint density at radius 3 is 2.22 bits per heavy atom. The minimum atomic E-state index is -0.961. The molecule has 0 fully saturated rings. The van der Waals surface area contributed by atoms with Crippen LogP contribution in [0, 0.1) is 11.8 Å². The van der Waals surface area contributed by atoms with Gasteiger partial charge in [0.25, 0.3) is 0 Å². The van der Waals surface area contributed by atoms with Crippen LogP contribution >= 0.6 is 11.6 Å². The van der Waals surface area contributed by atoms with E-state index in [-0.39, 0.29) is 5.56 Å². The molecule has 0 aliphatic heterocycles. The number of carboxylic acid groups (broad SMARTS) is 1. The molecule has 0 heterocycles. The first kappa shape index (κ1) is 22.0. The highest BCUT2D eigenvalue weighted by Gasteiger charge is 2.18. The summed E-state index contributed by atoms with van der Waals surface area (Å²) < 4.78 is 0. The monoisotopic (exact) mass is 446 g/mol. The van der Waals surface area contributed by atoms with E-state index in [9.17, 15) is 9.90 Å². The van der Waals surface area contributed by atoms with Gasteiger partial charge in [0.15, 0.2) is 0 Å². The Kier molecular flexibility index (Phi) is 6.52. The van der Waals surface area contributed by atoms with Crippen LogP contribution in [-0.4, -0.2) is 11.1 Å². The van der Waals surface area contributed by atoms with Gasteiger partial charge in [0.05, 0.1) is 22.0 Å². The van der Waals surface area contributed by atoms with Gasteiger partial charge in [-0.05, 0) is 84.3 Å². The zero-order chi connectivity index (χ0) is 22.7. The van der Waals surface area contributed by atoms with E-state index in [0.29, 0.717) is 22.5 Å². The van der Waals surface area contributed by atoms with Gasteiger partial charge < -0.3 is 15.7 Å². The van der Waals surface area contributed by atoms with E-state index >= 15 is 0 Å². The number of hydrogen-bond donors (Lipinski definition) is 3. The molecule has 1 aliphatic carbocycles. The average molecular weight is 447 g/mol. The molecule has 0 radical (unpaired) electrons. The molecule has 164 valence electrons. The molecule has 3 aromatic rings. The van der Waals surface area contributed by atoms with Crippen molar-refractivity contribution in [2.45, 2.75) is 26.7 Å². The maximum absolute atomic E-state index is 11.4. The van der Waals surface area contributed by atoms with E-state index in [0.717, 1.165) is 23.5 Å². The Bertz CT molecular complexity index is 1150. The van der Waals surface area contributed by atoms with Gasteiger partial charge in [-0.15, -0.1) is 0 Å². The van der Waals surface area contributed by atoms with Gasteiger partial charge in [0, 0.05) is 11.4 Å². The number of para-hydroxylation sites is 1. The lowest BCUT2D eigenvalue weighted by atomic mass is 9.82. The molecule has 4 nitrogen and oxygen atoms in total. The van der Waals surface area contributed by atoms with E-state index in [1.807, 2.05) is 36.4 Å². The third kappa shape index (κ3) is 5.14. The molecular weight excluding hydrogens is 420 g/mol. The first-order valence-electron chi connectivity index (χ1n) is 10.9. The zero-order valence-corrected chi connectivity index (χ0v) is 19.0. The van der Waals surface area contributed by atoms with E-state index in [4.69, 9.17) is 11.6 Å². The van der Waals surface area contributed by atoms with Gasteiger partial charge in [0.2, 0.25) is 0 Å². The molecule has 3 N–H and O–H groups in total. The average Bonchev–Trinajstić information content (AvgIpc) is 2.76. The molecule has 0 spiro atoms. The van der Waals surface area contributed by atoms with Gasteiger partial charge in [-0.3, -0.25) is 0 Å². The second-order valence-corrected chi connectivity index (χ2v) is 8.99. The van der Waals surface area contributed by atoms with Gasteiger partial charge in [-0.2, -0.15) is 0 Å². The highest BCUT2D eigenvalue weighted by molar-refractivity contribution is 6.33. The number of carboxylic acids is 1. The quantitative estimate of drug-likeness (QED) is 0.359. The first-order chi connectivity index (χ1) is 15.4. The fourth-order valence-electron chi connectivity index (χ4n) is 4.33. The van der Waals surface area contributed by atoms with Crippen LogP contribution in [0.4, 0.5) is 22.7 Å². The molecule has 2 unspecified atom stereocenters. The van der Waals surface area contributed by atoms with Crippen LogP contribution in [0.3, 0.4) is 0 Å². The minimum absolute atomic E-state index is 0.235. The van der Waals surface area contributed by atoms with Crippen molar-refractivity contribution in [3.8, 4) is 0 Å². The molecule has 1 aliphatic rings. The van der Waals surface area contributed by atoms with Crippen molar-refractivity contribution in [1.82, 2.24) is 0 Å². The Morgan fingerprint density at radius 1 is 0.938 bits per heavy atom. The van der Waals surface area contributed by atoms with Gasteiger partial charge in [-0.1, -0.05) is 49.7 Å². The summed E-state index contributed by atoms with van der Waals surface area (Å²) in [4.78, 5) is 11.4. The molecule has 5 heteroatoms. The van der Waals surface area contributed by atoms with Crippen LogP contribution in [0.15, 0.2) is 72.8 Å². The fraction of sp³-hybridized carbons (Fsp3) is 0.222. The van der Waals surface area contributed by atoms with Crippen molar-refractivity contribution >= 4 is 45.9 Å². The summed E-state index contributed by atoms with van der Waals surface area (Å²) >= 11 is 6.60. The van der Waals surface area contributed by atoms with Crippen molar-refractivity contribution in [3.63, 3.8) is 0 Å². The number of anilines is 4. The highest BCUT2D eigenvalue weighted by atomic mass is 35.5. The lowest BCUT2D eigenvalue weighted by Crippen LogP contribution is -2.09. The maximum Gasteiger partial charge on any atom is 0.337 e. The van der Waals surface area contributed by atoms with E-state index in [2.05, 4.69) is 36.6 Å². The second kappa shape index (κ2) is 9.49. The third-order valence-corrected chi connectivity index (χ3v) is 6.08. The van der Waals surface area contributed by atoms with Crippen LogP contribution in [0.5, 0.6) is 0 Å². The molecule has 4 rings (SSSR count). The predicted molar refractivity (Wildman–Crippen MR) is 133 cm³/mol. The number of carbonyl (C=O) groups is 1. The topological polar surface area (TPSA) is 61.4 Å². The van der Waals surface area contributed by atoms with Crippen LogP contribution in [0.25, 0.3) is 5.57 Å². The lowest BCUT2D eigenvalue weighted by molar-refractivity contribution is 0.0698. The standard InChI is InChI=1S/C27H27ClN2O2/c1-17-13-18(2)15-20(14-17)19-7-12-26(24(28)16-19)30-22-10-8-21(9-11-22)29-25-6-4-3-5-23(25)27(31)32/h3-12,14,16-18,29-30H,13,15H2,1-2H3,(H,31,32). The smallest absolute Gasteiger partial charge is 0.337 e. The van der Waals surface area contributed by atoms with Gasteiger partial charge in [0.1, 0.15) is 0 Å². The maximum atomic E-state index is 11.4. The minimum Gasteiger partial charge on any atom is -0.478 e. The molecule has 0 saturated heterocycles. The van der Waals surface area contributed by atoms with Crippen molar-refractivity contribution in [2.75, 3.05) is 10.6 Å². The molecular formula is C27H27ClN2O2. The number of hydrogen-bond acceptors (Lipinski definition) is 3. The lowest BCUT2D eigenvalue weighted by Gasteiger charge is -2.24. The molecule has 0 bridgehead atoms. The zero-order valence-electron chi connectivity index (χ0n) is 18.2. The van der Waals surface area contributed by atoms with Crippen molar-refractivity contribution in [2.24, 2.45) is 11.8 Å². The van der Waals surface area contributed by atoms with Crippen LogP contribution in [0.2, 0.25) is 5.02 Å². The number of benzene rings is 3. The number of nitrogens with one attached hydrogen (secondary N) is 2. The van der Waals surface area contributed by atoms with E-state index in [1.165, 1.54) is 17.6 Å². The van der Waals surface area contributed by atoms with Gasteiger partial charge in [-0.25, -0.2) is 4.79 Å². The molecule has 32 heavy (non-hydrogen) atoms. The largest absolute Gasteiger partial charge is 0.478 e. The predicted octanol–water partition coefficient (Wildman–Crippen LogP) is 7.97. The Labute approximate surface area is 193 Å². The molecule has 0 saturated carbocycles. The summed E-state index contributed by atoms with van der Waals surface area (Å²) in [5.74, 6) is 0.327. The summed E-state index contributed by atoms with van der Waals surface area (Å²) in [6.07, 6.45) is 4.70. The van der Waals surface area contributed by atoms with Crippen molar-refractivity contribution in [1.29, 1.82) is 0 Å². The Morgan fingerprint density at radius 2 is 1.59 bits per heavy atom. The molecule has 2 atom stereocenters. The van der Waals surface area contributed by atoms with Crippen LogP contribution < -0.4 is 10.6 Å². The Hall–Kier alpha value is -3.24. The number of allylic oxidation sites excluding steroid dienone is 2. The second-order valence-electron chi connectivity index (χ2n) is 8.59. The number of halogens is 1. The SMILES string of the molecule is CC1C=C(c2ccc(Nc3ccc(Nc4ccccc4C(=O)O)cc3)c(Cl)c2)CC(C)C1. The normalized spacial score (nSPS) is 18.0. The molecule has 3 aromatic carbocycles. The van der Waals surface area contributed by atoms with Crippen LogP contribution in [-0.2, 0) is 0 Å². The molecule has 0 amide bonds. The highest BCUT2D eigenvalue weighted by Crippen LogP contribution is 2.36. The molecule has 0 aromatic heterocycles. The summed E-state index contributed by atoms with van der Waals surface area (Å²) in [6.45, 7) is 4.58. The summed E-state index contributed by atoms with van der Waals surface area (Å²) in [5.41, 5.74) is 5.91. The number of aromatic carboxylic acids is 1. The van der Waals surface area contributed by atoms with Crippen LogP contribution in [0.1, 0.15) is 42.6 Å². The van der Waals surface area contributed by atoms with Crippen molar-refractivity contribution in [3.05, 3.63) is 89.0 Å². The fourth-order valence-corrected chi connectivity index (χ4v) is 4.56. The third-order valence-electron chi connectivity index (χ3n) is 5.77. The Balaban J connectivity index is 1.47. The summed E-state index contributed by atoms with van der Waals surface area (Å²) in [7, 11) is 0. The van der Waals surface area contributed by atoms with E-state index < -0.39 is 5.97 Å². The van der Waals surface area contributed by atoms with E-state index in [1.54, 1.807) is 24.3 Å². The first-order valence-corrected chi connectivity index (χ1v) is 11.2. The summed E-state index contributed by atoms with van der Waals surface area (Å²) in [6, 6.07) is 20.7. The van der Waals surface area contributed by atoms with Crippen molar-refractivity contribution < 1.29 is 9.90 Å².